The Labute approximate surface area is 181 Å². The molecule has 0 bridgehead atoms. The van der Waals surface area contributed by atoms with Crippen LogP contribution in [0, 0.1) is 6.92 Å². The van der Waals surface area contributed by atoms with E-state index in [0.717, 1.165) is 27.6 Å². The third-order valence-electron chi connectivity index (χ3n) is 5.60. The molecular formula is C23H20BrN5O. The molecule has 3 heterocycles. The molecule has 0 aliphatic carbocycles. The van der Waals surface area contributed by atoms with Gasteiger partial charge in [-0.2, -0.15) is 0 Å². The molecule has 0 saturated carbocycles. The summed E-state index contributed by atoms with van der Waals surface area (Å²) in [5.74, 6) is 0.688. The first-order valence-corrected chi connectivity index (χ1v) is 10.7. The van der Waals surface area contributed by atoms with E-state index in [1.54, 1.807) is 4.57 Å². The predicted octanol–water partition coefficient (Wildman–Crippen LogP) is 5.33. The Hall–Kier alpha value is -3.06. The van der Waals surface area contributed by atoms with Crippen LogP contribution in [0.4, 0.5) is 0 Å². The van der Waals surface area contributed by atoms with Crippen LogP contribution in [0.1, 0.15) is 32.1 Å². The molecule has 0 radical (unpaired) electrons. The van der Waals surface area contributed by atoms with Gasteiger partial charge in [0.2, 0.25) is 0 Å². The van der Waals surface area contributed by atoms with Crippen molar-refractivity contribution in [3.63, 3.8) is 0 Å². The quantitative estimate of drug-likeness (QED) is 0.364. The van der Waals surface area contributed by atoms with Gasteiger partial charge < -0.3 is 0 Å². The second-order valence-corrected chi connectivity index (χ2v) is 8.40. The Morgan fingerprint density at radius 3 is 2.30 bits per heavy atom. The molecule has 0 amide bonds. The lowest BCUT2D eigenvalue weighted by molar-refractivity contribution is 0.497. The number of hydrogen-bond acceptors (Lipinski definition) is 4. The molecule has 0 spiro atoms. The summed E-state index contributed by atoms with van der Waals surface area (Å²) in [7, 11) is 0. The first-order valence-electron chi connectivity index (χ1n) is 9.95. The number of aryl methyl sites for hydroxylation is 1. The number of fused-ring (bicyclic) bond motifs is 4. The van der Waals surface area contributed by atoms with Crippen molar-refractivity contribution in [3.05, 3.63) is 69.2 Å². The number of rotatable bonds is 3. The molecule has 2 aromatic carbocycles. The third-order valence-corrected chi connectivity index (χ3v) is 6.13. The molecule has 0 saturated heterocycles. The Kier molecular flexibility index (Phi) is 4.43. The van der Waals surface area contributed by atoms with E-state index in [9.17, 15) is 4.79 Å². The average Bonchev–Trinajstić information content (AvgIpc) is 3.05. The summed E-state index contributed by atoms with van der Waals surface area (Å²) >= 11 is 3.49. The molecule has 7 heteroatoms. The van der Waals surface area contributed by atoms with Crippen molar-refractivity contribution >= 4 is 49.2 Å². The highest BCUT2D eigenvalue weighted by atomic mass is 79.9. The topological polar surface area (TPSA) is 65.6 Å². The second kappa shape index (κ2) is 7.02. The minimum absolute atomic E-state index is 0.0499. The fourth-order valence-corrected chi connectivity index (χ4v) is 4.21. The lowest BCUT2D eigenvalue weighted by Crippen LogP contribution is -2.26. The van der Waals surface area contributed by atoms with Gasteiger partial charge in [-0.15, -0.1) is 0 Å². The number of halogens is 1. The fraction of sp³-hybridized carbons (Fsp3) is 0.217. The van der Waals surface area contributed by atoms with E-state index in [1.807, 2.05) is 66.9 Å². The molecule has 30 heavy (non-hydrogen) atoms. The summed E-state index contributed by atoms with van der Waals surface area (Å²) in [6, 6.07) is 15.7. The largest absolute Gasteiger partial charge is 0.293 e. The smallest absolute Gasteiger partial charge is 0.265 e. The third kappa shape index (κ3) is 2.76. The monoisotopic (exact) mass is 461 g/mol. The maximum absolute atomic E-state index is 13.6. The molecule has 1 unspecified atom stereocenters. The van der Waals surface area contributed by atoms with E-state index in [2.05, 4.69) is 22.9 Å². The predicted molar refractivity (Wildman–Crippen MR) is 123 cm³/mol. The van der Waals surface area contributed by atoms with Crippen LogP contribution in [0.5, 0.6) is 0 Å². The van der Waals surface area contributed by atoms with Gasteiger partial charge in [-0.1, -0.05) is 35.0 Å². The molecule has 1 atom stereocenters. The number of aromatic nitrogens is 5. The van der Waals surface area contributed by atoms with Crippen LogP contribution in [-0.4, -0.2) is 24.1 Å². The fourth-order valence-electron chi connectivity index (χ4n) is 3.95. The summed E-state index contributed by atoms with van der Waals surface area (Å²) in [5, 5.41) is 0.511. The maximum atomic E-state index is 13.6. The van der Waals surface area contributed by atoms with Gasteiger partial charge in [0.25, 0.3) is 5.56 Å². The van der Waals surface area contributed by atoms with Crippen LogP contribution < -0.4 is 5.56 Å². The van der Waals surface area contributed by atoms with E-state index in [1.165, 1.54) is 0 Å². The molecule has 3 aromatic heterocycles. The first-order chi connectivity index (χ1) is 14.5. The highest BCUT2D eigenvalue weighted by molar-refractivity contribution is 9.10. The molecular weight excluding hydrogens is 442 g/mol. The van der Waals surface area contributed by atoms with Gasteiger partial charge in [-0.3, -0.25) is 13.9 Å². The van der Waals surface area contributed by atoms with Crippen LogP contribution in [0.15, 0.2) is 57.8 Å². The Bertz CT molecular complexity index is 1480. The minimum Gasteiger partial charge on any atom is -0.293 e. The van der Waals surface area contributed by atoms with Gasteiger partial charge in [0, 0.05) is 16.2 Å². The van der Waals surface area contributed by atoms with Crippen LogP contribution in [0.3, 0.4) is 0 Å². The van der Waals surface area contributed by atoms with E-state index in [4.69, 9.17) is 15.0 Å². The Balaban J connectivity index is 2.01. The summed E-state index contributed by atoms with van der Waals surface area (Å²) in [6.07, 6.45) is 0.841. The maximum Gasteiger partial charge on any atom is 0.265 e. The number of hydrogen-bond donors (Lipinski definition) is 0. The molecule has 5 aromatic rings. The minimum atomic E-state index is -0.0720. The molecule has 5 rings (SSSR count). The normalized spacial score (nSPS) is 12.8. The lowest BCUT2D eigenvalue weighted by Gasteiger charge is -2.16. The molecule has 0 fully saturated rings. The molecule has 0 N–H and O–H groups in total. The van der Waals surface area contributed by atoms with Crippen LogP contribution in [-0.2, 0) is 0 Å². The van der Waals surface area contributed by atoms with Gasteiger partial charge >= 0.3 is 0 Å². The van der Waals surface area contributed by atoms with Crippen molar-refractivity contribution in [2.45, 2.75) is 33.2 Å². The summed E-state index contributed by atoms with van der Waals surface area (Å²) in [4.78, 5) is 28.2. The lowest BCUT2D eigenvalue weighted by atomic mass is 10.2. The summed E-state index contributed by atoms with van der Waals surface area (Å²) in [5.41, 5.74) is 4.16. The Morgan fingerprint density at radius 1 is 0.967 bits per heavy atom. The highest BCUT2D eigenvalue weighted by Gasteiger charge is 2.23. The molecule has 150 valence electrons. The zero-order valence-corrected chi connectivity index (χ0v) is 18.5. The molecule has 0 aliphatic rings. The number of para-hydroxylation sites is 2. The van der Waals surface area contributed by atoms with E-state index in [0.29, 0.717) is 28.0 Å². The highest BCUT2D eigenvalue weighted by Crippen LogP contribution is 2.29. The van der Waals surface area contributed by atoms with Crippen molar-refractivity contribution in [1.82, 2.24) is 24.1 Å². The zero-order chi connectivity index (χ0) is 21.0. The zero-order valence-electron chi connectivity index (χ0n) is 16.9. The molecule has 0 aliphatic heterocycles. The van der Waals surface area contributed by atoms with E-state index < -0.39 is 0 Å². The van der Waals surface area contributed by atoms with Crippen molar-refractivity contribution in [2.75, 3.05) is 0 Å². The van der Waals surface area contributed by atoms with Crippen LogP contribution in [0.2, 0.25) is 0 Å². The average molecular weight is 462 g/mol. The molecule has 6 nitrogen and oxygen atoms in total. The summed E-state index contributed by atoms with van der Waals surface area (Å²) < 4.78 is 4.68. The van der Waals surface area contributed by atoms with Crippen molar-refractivity contribution in [1.29, 1.82) is 0 Å². The van der Waals surface area contributed by atoms with Gasteiger partial charge in [0.15, 0.2) is 11.3 Å². The van der Waals surface area contributed by atoms with Gasteiger partial charge in [0.05, 0.1) is 11.0 Å². The standard InChI is InChI=1S/C23H20BrN5O/c1-4-13(2)28-14(3)25-21-19(23(28)30)20-22(27-18-8-6-5-7-17(18)26-20)29(21)16-11-9-15(24)10-12-16/h5-13H,4H2,1-3H3. The van der Waals surface area contributed by atoms with Crippen LogP contribution in [0.25, 0.3) is 38.9 Å². The van der Waals surface area contributed by atoms with E-state index in [-0.39, 0.29) is 11.6 Å². The SMILES string of the molecule is CCC(C)n1c(C)nc2c(c1=O)c1nc3ccccc3nc1n2-c1ccc(Br)cc1. The van der Waals surface area contributed by atoms with Gasteiger partial charge in [-0.05, 0) is 56.7 Å². The van der Waals surface area contributed by atoms with Crippen LogP contribution >= 0.6 is 15.9 Å². The van der Waals surface area contributed by atoms with Gasteiger partial charge in [-0.25, -0.2) is 15.0 Å². The number of benzene rings is 2. The number of nitrogens with zero attached hydrogens (tertiary/aromatic N) is 5. The summed E-state index contributed by atoms with van der Waals surface area (Å²) in [6.45, 7) is 5.99. The van der Waals surface area contributed by atoms with Crippen molar-refractivity contribution in [3.8, 4) is 5.69 Å². The van der Waals surface area contributed by atoms with Crippen molar-refractivity contribution in [2.24, 2.45) is 0 Å². The Morgan fingerprint density at radius 2 is 1.63 bits per heavy atom. The first kappa shape index (κ1) is 18.9. The second-order valence-electron chi connectivity index (χ2n) is 7.49. The van der Waals surface area contributed by atoms with E-state index >= 15 is 0 Å². The van der Waals surface area contributed by atoms with Crippen molar-refractivity contribution < 1.29 is 0 Å². The van der Waals surface area contributed by atoms with Gasteiger partial charge in [0.1, 0.15) is 16.7 Å².